The SMILES string of the molecule is COc1cc(Cl)ccc1S(=O)(=O)NCC(C)(C)CCO. The first-order valence-electron chi connectivity index (χ1n) is 6.16. The Hall–Kier alpha value is -0.820. The number of aliphatic hydroxyl groups excluding tert-OH is 1. The highest BCUT2D eigenvalue weighted by atomic mass is 35.5. The number of hydrogen-bond acceptors (Lipinski definition) is 4. The number of ether oxygens (including phenoxy) is 1. The molecule has 0 radical (unpaired) electrons. The average molecular weight is 322 g/mol. The molecule has 0 atom stereocenters. The van der Waals surface area contributed by atoms with E-state index >= 15 is 0 Å². The molecule has 0 fully saturated rings. The van der Waals surface area contributed by atoms with Crippen LogP contribution < -0.4 is 9.46 Å². The Morgan fingerprint density at radius 1 is 1.40 bits per heavy atom. The normalized spacial score (nSPS) is 12.4. The molecule has 7 heteroatoms. The van der Waals surface area contributed by atoms with Crippen molar-refractivity contribution < 1.29 is 18.3 Å². The molecule has 1 aromatic rings. The molecule has 0 aliphatic carbocycles. The van der Waals surface area contributed by atoms with Gasteiger partial charge in [0.05, 0.1) is 7.11 Å². The number of nitrogens with one attached hydrogen (secondary N) is 1. The Morgan fingerprint density at radius 3 is 2.60 bits per heavy atom. The molecule has 0 aliphatic heterocycles. The maximum Gasteiger partial charge on any atom is 0.244 e. The van der Waals surface area contributed by atoms with E-state index < -0.39 is 10.0 Å². The summed E-state index contributed by atoms with van der Waals surface area (Å²) in [5.74, 6) is 0.199. The van der Waals surface area contributed by atoms with E-state index in [2.05, 4.69) is 4.72 Å². The van der Waals surface area contributed by atoms with Crippen LogP contribution in [-0.2, 0) is 10.0 Å². The first-order chi connectivity index (χ1) is 9.22. The number of rotatable bonds is 7. The predicted octanol–water partition coefficient (Wildman–Crippen LogP) is 2.04. The Labute approximate surface area is 125 Å². The zero-order chi connectivity index (χ0) is 15.4. The summed E-state index contributed by atoms with van der Waals surface area (Å²) in [4.78, 5) is 0.0456. The van der Waals surface area contributed by atoms with Crippen molar-refractivity contribution >= 4 is 21.6 Å². The van der Waals surface area contributed by atoms with E-state index in [0.717, 1.165) is 0 Å². The van der Waals surface area contributed by atoms with E-state index in [0.29, 0.717) is 11.4 Å². The van der Waals surface area contributed by atoms with Crippen LogP contribution in [0, 0.1) is 5.41 Å². The topological polar surface area (TPSA) is 75.6 Å². The molecule has 1 rings (SSSR count). The maximum absolute atomic E-state index is 12.3. The van der Waals surface area contributed by atoms with Crippen molar-refractivity contribution in [2.24, 2.45) is 5.41 Å². The maximum atomic E-state index is 12.3. The van der Waals surface area contributed by atoms with Gasteiger partial charge in [-0.25, -0.2) is 13.1 Å². The van der Waals surface area contributed by atoms with Crippen LogP contribution in [0.5, 0.6) is 5.75 Å². The first kappa shape index (κ1) is 17.2. The minimum Gasteiger partial charge on any atom is -0.495 e. The highest BCUT2D eigenvalue weighted by molar-refractivity contribution is 7.89. The zero-order valence-corrected chi connectivity index (χ0v) is 13.4. The molecule has 114 valence electrons. The van der Waals surface area contributed by atoms with E-state index in [1.165, 1.54) is 25.3 Å². The lowest BCUT2D eigenvalue weighted by molar-refractivity contribution is 0.213. The summed E-state index contributed by atoms with van der Waals surface area (Å²) in [6, 6.07) is 4.36. The van der Waals surface area contributed by atoms with Gasteiger partial charge in [-0.2, -0.15) is 0 Å². The van der Waals surface area contributed by atoms with Crippen LogP contribution in [0.1, 0.15) is 20.3 Å². The summed E-state index contributed by atoms with van der Waals surface area (Å²) in [5, 5.41) is 9.35. The number of halogens is 1. The van der Waals surface area contributed by atoms with Crippen molar-refractivity contribution in [3.63, 3.8) is 0 Å². The van der Waals surface area contributed by atoms with Gasteiger partial charge >= 0.3 is 0 Å². The Kier molecular flexibility index (Phi) is 5.82. The molecule has 0 spiro atoms. The number of methoxy groups -OCH3 is 1. The number of aliphatic hydroxyl groups is 1. The van der Waals surface area contributed by atoms with E-state index in [4.69, 9.17) is 21.4 Å². The summed E-state index contributed by atoms with van der Waals surface area (Å²) in [7, 11) is -2.30. The molecule has 20 heavy (non-hydrogen) atoms. The lowest BCUT2D eigenvalue weighted by Crippen LogP contribution is -2.34. The Balaban J connectivity index is 2.95. The van der Waals surface area contributed by atoms with Crippen molar-refractivity contribution in [1.82, 2.24) is 4.72 Å². The molecule has 0 unspecified atom stereocenters. The van der Waals surface area contributed by atoms with Gasteiger partial charge < -0.3 is 9.84 Å². The Bertz CT molecular complexity index is 557. The fraction of sp³-hybridized carbons (Fsp3) is 0.538. The first-order valence-corrected chi connectivity index (χ1v) is 8.02. The second kappa shape index (κ2) is 6.76. The second-order valence-electron chi connectivity index (χ2n) is 5.26. The summed E-state index contributed by atoms with van der Waals surface area (Å²) < 4.78 is 32.1. The number of sulfonamides is 1. The van der Waals surface area contributed by atoms with Gasteiger partial charge in [0.15, 0.2) is 0 Å². The van der Waals surface area contributed by atoms with Crippen LogP contribution in [0.3, 0.4) is 0 Å². The van der Waals surface area contributed by atoms with Gasteiger partial charge in [0.2, 0.25) is 10.0 Å². The van der Waals surface area contributed by atoms with Crippen molar-refractivity contribution in [3.05, 3.63) is 23.2 Å². The highest BCUT2D eigenvalue weighted by Gasteiger charge is 2.24. The van der Waals surface area contributed by atoms with Gasteiger partial charge in [-0.15, -0.1) is 0 Å². The molecule has 0 bridgehead atoms. The van der Waals surface area contributed by atoms with Crippen LogP contribution in [0.25, 0.3) is 0 Å². The summed E-state index contributed by atoms with van der Waals surface area (Å²) in [6.45, 7) is 4.00. The minimum absolute atomic E-state index is 0.0129. The molecule has 0 saturated heterocycles. The second-order valence-corrected chi connectivity index (χ2v) is 7.43. The standard InChI is InChI=1S/C13H20ClNO4S/c1-13(2,6-7-16)9-15-20(17,18)12-5-4-10(14)8-11(12)19-3/h4-5,8,15-16H,6-7,9H2,1-3H3. The number of benzene rings is 1. The van der Waals surface area contributed by atoms with Crippen LogP contribution in [0.15, 0.2) is 23.1 Å². The van der Waals surface area contributed by atoms with Gasteiger partial charge in [-0.3, -0.25) is 0 Å². The van der Waals surface area contributed by atoms with E-state index in [1.54, 1.807) is 0 Å². The molecule has 2 N–H and O–H groups in total. The van der Waals surface area contributed by atoms with E-state index in [1.807, 2.05) is 13.8 Å². The van der Waals surface area contributed by atoms with Crippen molar-refractivity contribution in [1.29, 1.82) is 0 Å². The number of hydrogen-bond donors (Lipinski definition) is 2. The fourth-order valence-corrected chi connectivity index (χ4v) is 3.18. The van der Waals surface area contributed by atoms with Crippen molar-refractivity contribution in [2.45, 2.75) is 25.2 Å². The van der Waals surface area contributed by atoms with Crippen molar-refractivity contribution in [2.75, 3.05) is 20.3 Å². The molecule has 0 aliphatic rings. The fourth-order valence-electron chi connectivity index (χ4n) is 1.62. The van der Waals surface area contributed by atoms with E-state index in [-0.39, 0.29) is 29.2 Å². The summed E-state index contributed by atoms with van der Waals surface area (Å²) >= 11 is 5.81. The van der Waals surface area contributed by atoms with Gasteiger partial charge in [0.1, 0.15) is 10.6 Å². The average Bonchev–Trinajstić information content (AvgIpc) is 2.36. The molecule has 5 nitrogen and oxygen atoms in total. The van der Waals surface area contributed by atoms with Gasteiger partial charge in [-0.05, 0) is 24.0 Å². The quantitative estimate of drug-likeness (QED) is 0.805. The van der Waals surface area contributed by atoms with Crippen molar-refractivity contribution in [3.8, 4) is 5.75 Å². The lowest BCUT2D eigenvalue weighted by atomic mass is 9.90. The molecule has 0 aromatic heterocycles. The lowest BCUT2D eigenvalue weighted by Gasteiger charge is -2.24. The molecule has 1 aromatic carbocycles. The highest BCUT2D eigenvalue weighted by Crippen LogP contribution is 2.27. The third-order valence-electron chi connectivity index (χ3n) is 2.94. The molecular formula is C13H20ClNO4S. The largest absolute Gasteiger partial charge is 0.495 e. The van der Waals surface area contributed by atoms with Crippen LogP contribution in [-0.4, -0.2) is 33.8 Å². The van der Waals surface area contributed by atoms with Gasteiger partial charge in [0.25, 0.3) is 0 Å². The summed E-state index contributed by atoms with van der Waals surface area (Å²) in [6.07, 6.45) is 0.507. The zero-order valence-electron chi connectivity index (χ0n) is 11.8. The van der Waals surface area contributed by atoms with Gasteiger partial charge in [-0.1, -0.05) is 25.4 Å². The van der Waals surface area contributed by atoms with Crippen LogP contribution in [0.2, 0.25) is 5.02 Å². The minimum atomic E-state index is -3.69. The Morgan fingerprint density at radius 2 is 2.05 bits per heavy atom. The molecule has 0 heterocycles. The third-order valence-corrected chi connectivity index (χ3v) is 4.62. The molecule has 0 saturated carbocycles. The van der Waals surface area contributed by atoms with E-state index in [9.17, 15) is 8.42 Å². The smallest absolute Gasteiger partial charge is 0.244 e. The summed E-state index contributed by atoms with van der Waals surface area (Å²) in [5.41, 5.74) is -0.332. The third kappa shape index (κ3) is 4.63. The molecular weight excluding hydrogens is 302 g/mol. The van der Waals surface area contributed by atoms with Crippen LogP contribution in [0.4, 0.5) is 0 Å². The molecule has 0 amide bonds. The van der Waals surface area contributed by atoms with Crippen LogP contribution >= 0.6 is 11.6 Å². The predicted molar refractivity (Wildman–Crippen MR) is 78.7 cm³/mol. The monoisotopic (exact) mass is 321 g/mol. The van der Waals surface area contributed by atoms with Gasteiger partial charge in [0, 0.05) is 24.2 Å².